The van der Waals surface area contributed by atoms with Gasteiger partial charge >= 0.3 is 5.69 Å². The molecule has 0 amide bonds. The van der Waals surface area contributed by atoms with E-state index in [2.05, 4.69) is 10.1 Å². The minimum Gasteiger partial charge on any atom is -0.337 e. The summed E-state index contributed by atoms with van der Waals surface area (Å²) in [7, 11) is 0. The van der Waals surface area contributed by atoms with Crippen molar-refractivity contribution in [2.75, 3.05) is 0 Å². The van der Waals surface area contributed by atoms with E-state index in [0.717, 1.165) is 0 Å². The van der Waals surface area contributed by atoms with Crippen LogP contribution < -0.4 is 11.2 Å². The minimum absolute atomic E-state index is 0.0627. The third-order valence-corrected chi connectivity index (χ3v) is 4.53. The highest BCUT2D eigenvalue weighted by atomic mass is 35.5. The molecule has 0 N–H and O–H groups in total. The van der Waals surface area contributed by atoms with Crippen molar-refractivity contribution in [2.24, 2.45) is 0 Å². The van der Waals surface area contributed by atoms with Gasteiger partial charge in [-0.3, -0.25) is 13.9 Å². The van der Waals surface area contributed by atoms with Gasteiger partial charge in [-0.2, -0.15) is 4.98 Å². The van der Waals surface area contributed by atoms with Gasteiger partial charge in [0.25, 0.3) is 5.56 Å². The zero-order valence-corrected chi connectivity index (χ0v) is 15.2. The molecule has 0 saturated heterocycles. The molecule has 4 rings (SSSR count). The zero-order valence-electron chi connectivity index (χ0n) is 14.4. The van der Waals surface area contributed by atoms with E-state index in [1.807, 2.05) is 6.07 Å². The van der Waals surface area contributed by atoms with Gasteiger partial charge in [0.05, 0.1) is 10.9 Å². The highest BCUT2D eigenvalue weighted by Crippen LogP contribution is 2.20. The molecule has 4 aromatic rings. The van der Waals surface area contributed by atoms with Crippen LogP contribution in [0.4, 0.5) is 0 Å². The molecule has 2 aromatic heterocycles. The molecule has 27 heavy (non-hydrogen) atoms. The van der Waals surface area contributed by atoms with Gasteiger partial charge in [0.2, 0.25) is 11.7 Å². The van der Waals surface area contributed by atoms with E-state index >= 15 is 0 Å². The first-order chi connectivity index (χ1) is 13.1. The standard InChI is InChI=1S/C19H15ClN4O3/c1-2-23-18(25)14-8-3-4-9-15(14)24(19(23)26)11-16-21-17(22-27-16)12-6-5-7-13(20)10-12/h3-10H,2,11H2,1H3. The summed E-state index contributed by atoms with van der Waals surface area (Å²) in [6.45, 7) is 2.10. The molecule has 0 unspecified atom stereocenters. The Kier molecular flexibility index (Phi) is 4.37. The summed E-state index contributed by atoms with van der Waals surface area (Å²) in [5.41, 5.74) is 0.524. The van der Waals surface area contributed by atoms with Crippen LogP contribution in [0.1, 0.15) is 12.8 Å². The first-order valence-corrected chi connectivity index (χ1v) is 8.77. The van der Waals surface area contributed by atoms with Crippen LogP contribution in [-0.4, -0.2) is 19.3 Å². The van der Waals surface area contributed by atoms with Gasteiger partial charge in [-0.05, 0) is 31.2 Å². The SMILES string of the molecule is CCn1c(=O)c2ccccc2n(Cc2nc(-c3cccc(Cl)c3)no2)c1=O. The normalized spacial score (nSPS) is 11.2. The van der Waals surface area contributed by atoms with Crippen LogP contribution >= 0.6 is 11.6 Å². The van der Waals surface area contributed by atoms with Gasteiger partial charge < -0.3 is 4.52 Å². The molecule has 0 spiro atoms. The summed E-state index contributed by atoms with van der Waals surface area (Å²) in [5.74, 6) is 0.646. The van der Waals surface area contributed by atoms with Crippen molar-refractivity contribution in [3.63, 3.8) is 0 Å². The molecule has 0 bridgehead atoms. The second kappa shape index (κ2) is 6.85. The lowest BCUT2D eigenvalue weighted by Crippen LogP contribution is -2.39. The summed E-state index contributed by atoms with van der Waals surface area (Å²) in [6.07, 6.45) is 0. The van der Waals surface area contributed by atoms with Crippen LogP contribution in [-0.2, 0) is 13.1 Å². The Hall–Kier alpha value is -3.19. The minimum atomic E-state index is -0.413. The number of hydrogen-bond donors (Lipinski definition) is 0. The highest BCUT2D eigenvalue weighted by Gasteiger charge is 2.15. The van der Waals surface area contributed by atoms with E-state index in [-0.39, 0.29) is 24.5 Å². The second-order valence-corrected chi connectivity index (χ2v) is 6.39. The summed E-state index contributed by atoms with van der Waals surface area (Å²) < 4.78 is 7.98. The van der Waals surface area contributed by atoms with Crippen molar-refractivity contribution in [3.8, 4) is 11.4 Å². The lowest BCUT2D eigenvalue weighted by molar-refractivity contribution is 0.369. The molecule has 7 nitrogen and oxygen atoms in total. The number of nitrogens with zero attached hydrogens (tertiary/aromatic N) is 4. The average molecular weight is 383 g/mol. The predicted molar refractivity (Wildman–Crippen MR) is 102 cm³/mol. The van der Waals surface area contributed by atoms with Gasteiger partial charge in [-0.15, -0.1) is 0 Å². The average Bonchev–Trinajstić information content (AvgIpc) is 3.14. The molecule has 2 heterocycles. The Morgan fingerprint density at radius 3 is 2.67 bits per heavy atom. The Bertz CT molecular complexity index is 1260. The highest BCUT2D eigenvalue weighted by molar-refractivity contribution is 6.30. The summed E-state index contributed by atoms with van der Waals surface area (Å²) in [5, 5.41) is 5.00. The fraction of sp³-hybridized carbons (Fsp3) is 0.158. The maximum Gasteiger partial charge on any atom is 0.331 e. The van der Waals surface area contributed by atoms with Crippen LogP contribution in [0.2, 0.25) is 5.02 Å². The Morgan fingerprint density at radius 2 is 1.89 bits per heavy atom. The maximum atomic E-state index is 12.8. The lowest BCUT2D eigenvalue weighted by Gasteiger charge is -2.11. The third kappa shape index (κ3) is 3.06. The molecule has 2 aromatic carbocycles. The van der Waals surface area contributed by atoms with Gasteiger partial charge in [-0.25, -0.2) is 4.79 Å². The number of para-hydroxylation sites is 1. The largest absolute Gasteiger partial charge is 0.337 e. The number of rotatable bonds is 4. The predicted octanol–water partition coefficient (Wildman–Crippen LogP) is 2.93. The first kappa shape index (κ1) is 17.2. The Labute approximate surface area is 158 Å². The molecule has 0 aliphatic heterocycles. The van der Waals surface area contributed by atoms with E-state index in [9.17, 15) is 9.59 Å². The molecule has 0 radical (unpaired) electrons. The van der Waals surface area contributed by atoms with Gasteiger partial charge in [0.15, 0.2) is 0 Å². The van der Waals surface area contributed by atoms with Crippen LogP contribution in [0.3, 0.4) is 0 Å². The number of hydrogen-bond acceptors (Lipinski definition) is 5. The van der Waals surface area contributed by atoms with Crippen molar-refractivity contribution in [1.29, 1.82) is 0 Å². The van der Waals surface area contributed by atoms with Crippen LogP contribution in [0, 0.1) is 0 Å². The summed E-state index contributed by atoms with van der Waals surface area (Å²) in [6, 6.07) is 14.1. The van der Waals surface area contributed by atoms with Crippen LogP contribution in [0.25, 0.3) is 22.3 Å². The number of halogens is 1. The van der Waals surface area contributed by atoms with E-state index in [1.54, 1.807) is 49.4 Å². The molecule has 0 aliphatic rings. The second-order valence-electron chi connectivity index (χ2n) is 5.96. The first-order valence-electron chi connectivity index (χ1n) is 8.39. The fourth-order valence-electron chi connectivity index (χ4n) is 3.00. The van der Waals surface area contributed by atoms with Crippen LogP contribution in [0.5, 0.6) is 0 Å². The lowest BCUT2D eigenvalue weighted by atomic mass is 10.2. The number of fused-ring (bicyclic) bond motifs is 1. The van der Waals surface area contributed by atoms with Crippen molar-refractivity contribution >= 4 is 22.5 Å². The molecule has 136 valence electrons. The van der Waals surface area contributed by atoms with Gasteiger partial charge in [-0.1, -0.05) is 41.0 Å². The quantitative estimate of drug-likeness (QED) is 0.542. The molecule has 0 fully saturated rings. The van der Waals surface area contributed by atoms with Crippen molar-refractivity contribution in [1.82, 2.24) is 19.3 Å². The molecule has 0 aliphatic carbocycles. The summed E-state index contributed by atoms with van der Waals surface area (Å²) >= 11 is 6.00. The molecule has 8 heteroatoms. The zero-order chi connectivity index (χ0) is 19.0. The number of benzene rings is 2. The molecular weight excluding hydrogens is 368 g/mol. The third-order valence-electron chi connectivity index (χ3n) is 4.29. The van der Waals surface area contributed by atoms with E-state index in [4.69, 9.17) is 16.1 Å². The van der Waals surface area contributed by atoms with E-state index in [1.165, 1.54) is 9.13 Å². The molecule has 0 saturated carbocycles. The van der Waals surface area contributed by atoms with E-state index in [0.29, 0.717) is 27.3 Å². The van der Waals surface area contributed by atoms with Crippen molar-refractivity contribution in [3.05, 3.63) is 80.3 Å². The van der Waals surface area contributed by atoms with Gasteiger partial charge in [0, 0.05) is 17.1 Å². The topological polar surface area (TPSA) is 82.9 Å². The van der Waals surface area contributed by atoms with E-state index < -0.39 is 5.69 Å². The number of aromatic nitrogens is 4. The Morgan fingerprint density at radius 1 is 1.07 bits per heavy atom. The monoisotopic (exact) mass is 382 g/mol. The molecular formula is C19H15ClN4O3. The van der Waals surface area contributed by atoms with Crippen molar-refractivity contribution in [2.45, 2.75) is 20.0 Å². The van der Waals surface area contributed by atoms with Gasteiger partial charge in [0.1, 0.15) is 6.54 Å². The molecule has 0 atom stereocenters. The van der Waals surface area contributed by atoms with Crippen LogP contribution in [0.15, 0.2) is 62.6 Å². The summed E-state index contributed by atoms with van der Waals surface area (Å²) in [4.78, 5) is 29.6. The smallest absolute Gasteiger partial charge is 0.331 e. The fourth-order valence-corrected chi connectivity index (χ4v) is 3.19. The maximum absolute atomic E-state index is 12.8. The van der Waals surface area contributed by atoms with Crippen molar-refractivity contribution < 1.29 is 4.52 Å². The Balaban J connectivity index is 1.81.